The van der Waals surface area contributed by atoms with E-state index in [0.29, 0.717) is 18.5 Å². The van der Waals surface area contributed by atoms with Gasteiger partial charge in [-0.25, -0.2) is 0 Å². The van der Waals surface area contributed by atoms with E-state index in [1.807, 2.05) is 36.4 Å². The van der Waals surface area contributed by atoms with Crippen molar-refractivity contribution in [3.05, 3.63) is 47.5 Å². The Labute approximate surface area is 112 Å². The molecule has 0 saturated carbocycles. The van der Waals surface area contributed by atoms with Crippen molar-refractivity contribution >= 4 is 11.9 Å². The minimum absolute atomic E-state index is 0.184. The highest BCUT2D eigenvalue weighted by Gasteiger charge is 2.31. The summed E-state index contributed by atoms with van der Waals surface area (Å²) in [6.45, 7) is 0.463. The van der Waals surface area contributed by atoms with Gasteiger partial charge in [-0.05, 0) is 18.4 Å². The van der Waals surface area contributed by atoms with Gasteiger partial charge in [0.15, 0.2) is 0 Å². The van der Waals surface area contributed by atoms with E-state index in [1.54, 1.807) is 0 Å². The first-order chi connectivity index (χ1) is 9.22. The average Bonchev–Trinajstić information content (AvgIpc) is 2.94. The van der Waals surface area contributed by atoms with Crippen LogP contribution < -0.4 is 5.32 Å². The highest BCUT2D eigenvalue weighted by Crippen LogP contribution is 2.27. The Morgan fingerprint density at radius 1 is 1.32 bits per heavy atom. The number of hydrogen-bond donors (Lipinski definition) is 1. The van der Waals surface area contributed by atoms with Gasteiger partial charge in [-0.2, -0.15) is 0 Å². The van der Waals surface area contributed by atoms with Gasteiger partial charge in [0.05, 0.1) is 13.0 Å². The smallest absolute Gasteiger partial charge is 0.313 e. The van der Waals surface area contributed by atoms with Crippen LogP contribution in [0.4, 0.5) is 0 Å². The molecule has 0 spiro atoms. The van der Waals surface area contributed by atoms with Gasteiger partial charge in [0.25, 0.3) is 0 Å². The zero-order valence-corrected chi connectivity index (χ0v) is 10.9. The molecule has 100 valence electrons. The number of amides is 1. The van der Waals surface area contributed by atoms with E-state index in [0.717, 1.165) is 12.0 Å². The molecule has 1 unspecified atom stereocenters. The Balaban J connectivity index is 1.95. The minimum atomic E-state index is -0.416. The lowest BCUT2D eigenvalue weighted by Crippen LogP contribution is -2.29. The van der Waals surface area contributed by atoms with Gasteiger partial charge in [-0.15, -0.1) is 0 Å². The van der Waals surface area contributed by atoms with Crippen LogP contribution in [0.1, 0.15) is 18.4 Å². The van der Waals surface area contributed by atoms with Gasteiger partial charge < -0.3 is 10.1 Å². The summed E-state index contributed by atoms with van der Waals surface area (Å²) in [5, 5.41) is 2.83. The van der Waals surface area contributed by atoms with Gasteiger partial charge in [0, 0.05) is 12.1 Å². The van der Waals surface area contributed by atoms with Crippen molar-refractivity contribution in [3.8, 4) is 0 Å². The van der Waals surface area contributed by atoms with Gasteiger partial charge in [-0.3, -0.25) is 9.59 Å². The average molecular weight is 259 g/mol. The number of ether oxygens (including phenoxy) is 1. The first-order valence-electron chi connectivity index (χ1n) is 6.32. The van der Waals surface area contributed by atoms with Crippen LogP contribution in [-0.4, -0.2) is 19.0 Å². The molecule has 2 rings (SSSR count). The van der Waals surface area contributed by atoms with Gasteiger partial charge in [0.2, 0.25) is 5.91 Å². The molecule has 1 aromatic carbocycles. The van der Waals surface area contributed by atoms with Crippen LogP contribution in [0, 0.1) is 5.92 Å². The van der Waals surface area contributed by atoms with E-state index >= 15 is 0 Å². The first-order valence-corrected chi connectivity index (χ1v) is 6.32. The Bertz CT molecular complexity index is 493. The van der Waals surface area contributed by atoms with Crippen molar-refractivity contribution < 1.29 is 14.3 Å². The van der Waals surface area contributed by atoms with Crippen LogP contribution >= 0.6 is 0 Å². The Hall–Kier alpha value is -2.10. The Morgan fingerprint density at radius 2 is 2.05 bits per heavy atom. The topological polar surface area (TPSA) is 55.4 Å². The fraction of sp³-hybridized carbons (Fsp3) is 0.333. The van der Waals surface area contributed by atoms with Gasteiger partial charge >= 0.3 is 5.97 Å². The van der Waals surface area contributed by atoms with E-state index in [2.05, 4.69) is 5.32 Å². The zero-order chi connectivity index (χ0) is 13.7. The summed E-state index contributed by atoms with van der Waals surface area (Å²) in [4.78, 5) is 23.6. The van der Waals surface area contributed by atoms with E-state index in [4.69, 9.17) is 4.74 Å². The molecule has 0 heterocycles. The number of esters is 1. The molecule has 1 amide bonds. The molecule has 1 aromatic rings. The van der Waals surface area contributed by atoms with Crippen molar-refractivity contribution in [2.24, 2.45) is 5.92 Å². The Morgan fingerprint density at radius 3 is 2.74 bits per heavy atom. The molecular weight excluding hydrogens is 242 g/mol. The molecule has 0 aromatic heterocycles. The van der Waals surface area contributed by atoms with E-state index in [-0.39, 0.29) is 11.9 Å². The predicted octanol–water partition coefficient (Wildman–Crippen LogP) is 1.81. The fourth-order valence-corrected chi connectivity index (χ4v) is 2.22. The van der Waals surface area contributed by atoms with Crippen molar-refractivity contribution in [1.29, 1.82) is 0 Å². The summed E-state index contributed by atoms with van der Waals surface area (Å²) in [7, 11) is 1.35. The number of hydrogen-bond acceptors (Lipinski definition) is 3. The normalized spacial score (nSPS) is 17.7. The first kappa shape index (κ1) is 13.3. The fourth-order valence-electron chi connectivity index (χ4n) is 2.22. The van der Waals surface area contributed by atoms with Crippen LogP contribution in [-0.2, 0) is 20.9 Å². The summed E-state index contributed by atoms with van der Waals surface area (Å²) in [6, 6.07) is 9.67. The number of carbonyl (C=O) groups excluding carboxylic acids is 2. The predicted molar refractivity (Wildman–Crippen MR) is 71.1 cm³/mol. The van der Waals surface area contributed by atoms with Crippen molar-refractivity contribution in [2.45, 2.75) is 19.4 Å². The largest absolute Gasteiger partial charge is 0.469 e. The third-order valence-electron chi connectivity index (χ3n) is 3.24. The SMILES string of the molecule is COC(=O)C1CCC=C1C(=O)NCc1ccccc1. The molecule has 4 heteroatoms. The lowest BCUT2D eigenvalue weighted by atomic mass is 10.0. The molecule has 4 nitrogen and oxygen atoms in total. The van der Waals surface area contributed by atoms with Crippen LogP contribution in [0.5, 0.6) is 0 Å². The van der Waals surface area contributed by atoms with Crippen molar-refractivity contribution in [3.63, 3.8) is 0 Å². The third kappa shape index (κ3) is 3.22. The molecule has 0 aliphatic heterocycles. The molecule has 1 aliphatic carbocycles. The molecule has 0 radical (unpaired) electrons. The lowest BCUT2D eigenvalue weighted by Gasteiger charge is -2.12. The maximum absolute atomic E-state index is 12.1. The summed E-state index contributed by atoms with van der Waals surface area (Å²) in [5.41, 5.74) is 1.56. The quantitative estimate of drug-likeness (QED) is 0.839. The maximum atomic E-state index is 12.1. The minimum Gasteiger partial charge on any atom is -0.469 e. The number of allylic oxidation sites excluding steroid dienone is 1. The van der Waals surface area contributed by atoms with Gasteiger partial charge in [0.1, 0.15) is 0 Å². The van der Waals surface area contributed by atoms with Crippen molar-refractivity contribution in [2.75, 3.05) is 7.11 Å². The van der Waals surface area contributed by atoms with Crippen LogP contribution in [0.2, 0.25) is 0 Å². The number of carbonyl (C=O) groups is 2. The maximum Gasteiger partial charge on any atom is 0.313 e. The second-order valence-corrected chi connectivity index (χ2v) is 4.48. The zero-order valence-electron chi connectivity index (χ0n) is 10.9. The molecular formula is C15H17NO3. The molecule has 0 bridgehead atoms. The number of benzene rings is 1. The Kier molecular flexibility index (Phi) is 4.34. The summed E-state index contributed by atoms with van der Waals surface area (Å²) >= 11 is 0. The summed E-state index contributed by atoms with van der Waals surface area (Å²) < 4.78 is 4.72. The standard InChI is InChI=1S/C15H17NO3/c1-19-15(18)13-9-5-8-12(13)14(17)16-10-11-6-3-2-4-7-11/h2-4,6-8,13H,5,9-10H2,1H3,(H,16,17). The molecule has 1 atom stereocenters. The lowest BCUT2D eigenvalue weighted by molar-refractivity contribution is -0.144. The van der Waals surface area contributed by atoms with Crippen LogP contribution in [0.25, 0.3) is 0 Å². The molecule has 1 N–H and O–H groups in total. The summed E-state index contributed by atoms with van der Waals surface area (Å²) in [5.74, 6) is -0.934. The highest BCUT2D eigenvalue weighted by atomic mass is 16.5. The van der Waals surface area contributed by atoms with Crippen LogP contribution in [0.15, 0.2) is 42.0 Å². The van der Waals surface area contributed by atoms with E-state index in [9.17, 15) is 9.59 Å². The number of methoxy groups -OCH3 is 1. The van der Waals surface area contributed by atoms with E-state index in [1.165, 1.54) is 7.11 Å². The second-order valence-electron chi connectivity index (χ2n) is 4.48. The van der Waals surface area contributed by atoms with Crippen molar-refractivity contribution in [1.82, 2.24) is 5.32 Å². The monoisotopic (exact) mass is 259 g/mol. The molecule has 19 heavy (non-hydrogen) atoms. The third-order valence-corrected chi connectivity index (χ3v) is 3.24. The summed E-state index contributed by atoms with van der Waals surface area (Å²) in [6.07, 6.45) is 3.22. The molecule has 0 fully saturated rings. The van der Waals surface area contributed by atoms with Crippen LogP contribution in [0.3, 0.4) is 0 Å². The molecule has 0 saturated heterocycles. The molecule has 1 aliphatic rings. The highest BCUT2D eigenvalue weighted by molar-refractivity contribution is 5.99. The van der Waals surface area contributed by atoms with E-state index < -0.39 is 5.92 Å². The second kappa shape index (κ2) is 6.18. The van der Waals surface area contributed by atoms with Gasteiger partial charge in [-0.1, -0.05) is 36.4 Å². The number of nitrogens with one attached hydrogen (secondary N) is 1. The number of rotatable bonds is 4.